The van der Waals surface area contributed by atoms with Gasteiger partial charge < -0.3 is 4.74 Å². The SMILES string of the molecule is COC(=O)c1cn(C2CCN(Cc3ccc(F)cc3F)CC2)nn1. The third-order valence-electron chi connectivity index (χ3n) is 4.25. The van der Waals surface area contributed by atoms with Crippen LogP contribution in [0.5, 0.6) is 0 Å². The topological polar surface area (TPSA) is 60.2 Å². The van der Waals surface area contributed by atoms with Crippen molar-refractivity contribution in [2.75, 3.05) is 20.2 Å². The number of nitrogens with zero attached hydrogens (tertiary/aromatic N) is 4. The van der Waals surface area contributed by atoms with Crippen LogP contribution < -0.4 is 0 Å². The van der Waals surface area contributed by atoms with Gasteiger partial charge in [-0.1, -0.05) is 11.3 Å². The minimum Gasteiger partial charge on any atom is -0.464 e. The van der Waals surface area contributed by atoms with Crippen molar-refractivity contribution in [2.24, 2.45) is 0 Å². The lowest BCUT2D eigenvalue weighted by molar-refractivity contribution is 0.0594. The van der Waals surface area contributed by atoms with Gasteiger partial charge in [-0.15, -0.1) is 5.10 Å². The first-order chi connectivity index (χ1) is 11.6. The van der Waals surface area contributed by atoms with Gasteiger partial charge in [-0.25, -0.2) is 18.3 Å². The summed E-state index contributed by atoms with van der Waals surface area (Å²) in [6.45, 7) is 1.97. The molecule has 0 spiro atoms. The van der Waals surface area contributed by atoms with Crippen LogP contribution in [0, 0.1) is 11.6 Å². The van der Waals surface area contributed by atoms with Gasteiger partial charge in [0.05, 0.1) is 19.3 Å². The molecule has 8 heteroatoms. The molecule has 1 aliphatic rings. The minimum absolute atomic E-state index is 0.144. The van der Waals surface area contributed by atoms with Crippen LogP contribution in [0.1, 0.15) is 34.9 Å². The quantitative estimate of drug-likeness (QED) is 0.801. The first-order valence-electron chi connectivity index (χ1n) is 7.73. The maximum atomic E-state index is 13.7. The summed E-state index contributed by atoms with van der Waals surface area (Å²) in [5.74, 6) is -1.59. The molecule has 0 atom stereocenters. The summed E-state index contributed by atoms with van der Waals surface area (Å²) < 4.78 is 33.0. The Kier molecular flexibility index (Phi) is 4.84. The first kappa shape index (κ1) is 16.5. The molecule has 1 aromatic carbocycles. The maximum absolute atomic E-state index is 13.7. The molecule has 0 unspecified atom stereocenters. The molecule has 1 aliphatic heterocycles. The molecule has 0 amide bonds. The number of hydrogen-bond acceptors (Lipinski definition) is 5. The van der Waals surface area contributed by atoms with Crippen molar-refractivity contribution in [3.8, 4) is 0 Å². The predicted molar refractivity (Wildman–Crippen MR) is 81.3 cm³/mol. The van der Waals surface area contributed by atoms with Crippen molar-refractivity contribution >= 4 is 5.97 Å². The van der Waals surface area contributed by atoms with Crippen LogP contribution in [0.4, 0.5) is 8.78 Å². The zero-order chi connectivity index (χ0) is 17.1. The number of carbonyl (C=O) groups excluding carboxylic acids is 1. The number of halogens is 2. The number of ether oxygens (including phenoxy) is 1. The van der Waals surface area contributed by atoms with Gasteiger partial charge in [0.2, 0.25) is 0 Å². The number of methoxy groups -OCH3 is 1. The molecule has 3 rings (SSSR count). The number of likely N-dealkylation sites (tertiary alicyclic amines) is 1. The number of hydrogen-bond donors (Lipinski definition) is 0. The van der Waals surface area contributed by atoms with E-state index in [-0.39, 0.29) is 11.7 Å². The Bertz CT molecular complexity index is 727. The number of rotatable bonds is 4. The molecular formula is C16H18F2N4O2. The highest BCUT2D eigenvalue weighted by Crippen LogP contribution is 2.23. The van der Waals surface area contributed by atoms with Crippen molar-refractivity contribution in [3.63, 3.8) is 0 Å². The zero-order valence-electron chi connectivity index (χ0n) is 13.3. The van der Waals surface area contributed by atoms with Gasteiger partial charge in [-0.2, -0.15) is 0 Å². The molecule has 0 aliphatic carbocycles. The Morgan fingerprint density at radius 2 is 2.08 bits per heavy atom. The molecule has 2 aromatic rings. The van der Waals surface area contributed by atoms with Gasteiger partial charge in [0.15, 0.2) is 5.69 Å². The fraction of sp³-hybridized carbons (Fsp3) is 0.438. The second-order valence-corrected chi connectivity index (χ2v) is 5.82. The predicted octanol–water partition coefficient (Wildman–Crippen LogP) is 2.18. The summed E-state index contributed by atoms with van der Waals surface area (Å²) in [4.78, 5) is 13.5. The van der Waals surface area contributed by atoms with Crippen LogP contribution >= 0.6 is 0 Å². The second-order valence-electron chi connectivity index (χ2n) is 5.82. The van der Waals surface area contributed by atoms with E-state index in [2.05, 4.69) is 19.9 Å². The molecule has 0 N–H and O–H groups in total. The van der Waals surface area contributed by atoms with Crippen molar-refractivity contribution in [1.82, 2.24) is 19.9 Å². The molecular weight excluding hydrogens is 318 g/mol. The van der Waals surface area contributed by atoms with Gasteiger partial charge in [-0.3, -0.25) is 4.90 Å². The summed E-state index contributed by atoms with van der Waals surface area (Å²) >= 11 is 0. The Hall–Kier alpha value is -2.35. The molecule has 2 heterocycles. The molecule has 1 saturated heterocycles. The zero-order valence-corrected chi connectivity index (χ0v) is 13.3. The van der Waals surface area contributed by atoms with Crippen LogP contribution in [0.15, 0.2) is 24.4 Å². The van der Waals surface area contributed by atoms with Crippen LogP contribution in [-0.4, -0.2) is 46.1 Å². The average molecular weight is 336 g/mol. The van der Waals surface area contributed by atoms with E-state index in [0.29, 0.717) is 12.1 Å². The van der Waals surface area contributed by atoms with E-state index in [0.717, 1.165) is 32.0 Å². The van der Waals surface area contributed by atoms with Gasteiger partial charge >= 0.3 is 5.97 Å². The summed E-state index contributed by atoms with van der Waals surface area (Å²) in [6.07, 6.45) is 3.21. The van der Waals surface area contributed by atoms with E-state index >= 15 is 0 Å². The Balaban J connectivity index is 1.57. The maximum Gasteiger partial charge on any atom is 0.360 e. The monoisotopic (exact) mass is 336 g/mol. The van der Waals surface area contributed by atoms with E-state index < -0.39 is 17.6 Å². The van der Waals surface area contributed by atoms with E-state index in [1.165, 1.54) is 19.2 Å². The van der Waals surface area contributed by atoms with Crippen LogP contribution in [0.25, 0.3) is 0 Å². The normalized spacial score (nSPS) is 16.3. The van der Waals surface area contributed by atoms with Gasteiger partial charge in [-0.05, 0) is 18.9 Å². The van der Waals surface area contributed by atoms with Crippen LogP contribution in [-0.2, 0) is 11.3 Å². The smallest absolute Gasteiger partial charge is 0.360 e. The largest absolute Gasteiger partial charge is 0.464 e. The van der Waals surface area contributed by atoms with Crippen molar-refractivity contribution in [3.05, 3.63) is 47.3 Å². The summed E-state index contributed by atoms with van der Waals surface area (Å²) in [6, 6.07) is 3.81. The summed E-state index contributed by atoms with van der Waals surface area (Å²) in [5.41, 5.74) is 0.678. The lowest BCUT2D eigenvalue weighted by Gasteiger charge is -2.31. The molecule has 24 heavy (non-hydrogen) atoms. The molecule has 0 radical (unpaired) electrons. The molecule has 128 valence electrons. The van der Waals surface area contributed by atoms with E-state index in [9.17, 15) is 13.6 Å². The Morgan fingerprint density at radius 1 is 1.33 bits per heavy atom. The Labute approximate surface area is 138 Å². The van der Waals surface area contributed by atoms with E-state index in [1.54, 1.807) is 10.9 Å². The third-order valence-corrected chi connectivity index (χ3v) is 4.25. The third kappa shape index (κ3) is 3.59. The average Bonchev–Trinajstić information content (AvgIpc) is 3.07. The molecule has 0 saturated carbocycles. The van der Waals surface area contributed by atoms with Crippen LogP contribution in [0.2, 0.25) is 0 Å². The van der Waals surface area contributed by atoms with E-state index in [1.807, 2.05) is 0 Å². The highest BCUT2D eigenvalue weighted by molar-refractivity contribution is 5.86. The van der Waals surface area contributed by atoms with E-state index in [4.69, 9.17) is 0 Å². The number of esters is 1. The van der Waals surface area contributed by atoms with Crippen molar-refractivity contribution < 1.29 is 18.3 Å². The lowest BCUT2D eigenvalue weighted by atomic mass is 10.0. The highest BCUT2D eigenvalue weighted by atomic mass is 19.1. The van der Waals surface area contributed by atoms with Gasteiger partial charge in [0, 0.05) is 31.3 Å². The van der Waals surface area contributed by atoms with Gasteiger partial charge in [0.1, 0.15) is 11.6 Å². The van der Waals surface area contributed by atoms with Crippen LogP contribution in [0.3, 0.4) is 0 Å². The standard InChI is InChI=1S/C16H18F2N4O2/c1-24-16(23)15-10-22(20-19-15)13-4-6-21(7-5-13)9-11-2-3-12(17)8-14(11)18/h2-3,8,10,13H,4-7,9H2,1H3. The second kappa shape index (κ2) is 7.04. The summed E-state index contributed by atoms with van der Waals surface area (Å²) in [5, 5.41) is 7.80. The lowest BCUT2D eigenvalue weighted by Crippen LogP contribution is -2.34. The number of piperidine rings is 1. The molecule has 1 fully saturated rings. The number of benzene rings is 1. The number of aromatic nitrogens is 3. The molecule has 1 aromatic heterocycles. The van der Waals surface area contributed by atoms with Crippen molar-refractivity contribution in [1.29, 1.82) is 0 Å². The molecule has 0 bridgehead atoms. The molecule has 6 nitrogen and oxygen atoms in total. The fourth-order valence-corrected chi connectivity index (χ4v) is 2.89. The highest BCUT2D eigenvalue weighted by Gasteiger charge is 2.23. The fourth-order valence-electron chi connectivity index (χ4n) is 2.89. The minimum atomic E-state index is -0.567. The number of carbonyl (C=O) groups is 1. The van der Waals surface area contributed by atoms with Crippen molar-refractivity contribution in [2.45, 2.75) is 25.4 Å². The van der Waals surface area contributed by atoms with Gasteiger partial charge in [0.25, 0.3) is 0 Å². The summed E-state index contributed by atoms with van der Waals surface area (Å²) in [7, 11) is 1.30. The first-order valence-corrected chi connectivity index (χ1v) is 7.73. The Morgan fingerprint density at radius 3 is 2.75 bits per heavy atom.